The van der Waals surface area contributed by atoms with Crippen molar-refractivity contribution in [1.29, 1.82) is 0 Å². The summed E-state index contributed by atoms with van der Waals surface area (Å²) >= 11 is 0. The van der Waals surface area contributed by atoms with Gasteiger partial charge in [0.1, 0.15) is 0 Å². The van der Waals surface area contributed by atoms with Crippen molar-refractivity contribution in [2.75, 3.05) is 0 Å². The zero-order chi connectivity index (χ0) is 11.8. The molecular weight excluding hydrogens is 214 g/mol. The van der Waals surface area contributed by atoms with Gasteiger partial charge in [0.15, 0.2) is 0 Å². The van der Waals surface area contributed by atoms with Gasteiger partial charge in [0, 0.05) is 0 Å². The quantitative estimate of drug-likeness (QED) is 0.654. The van der Waals surface area contributed by atoms with Crippen molar-refractivity contribution in [2.45, 2.75) is 44.8 Å². The number of alkyl halides is 6. The monoisotopic (exact) mass is 224 g/mol. The summed E-state index contributed by atoms with van der Waals surface area (Å²) in [5.41, 5.74) is -1.56. The maximum atomic E-state index is 12.5. The fraction of sp³-hybridized carbons (Fsp3) is 1.00. The third-order valence-corrected chi connectivity index (χ3v) is 1.02. The second-order valence-corrected chi connectivity index (χ2v) is 3.68. The van der Waals surface area contributed by atoms with Crippen LogP contribution in [-0.4, -0.2) is 24.1 Å². The Labute approximate surface area is 77.0 Å². The third kappa shape index (κ3) is 4.17. The second-order valence-electron chi connectivity index (χ2n) is 3.68. The first-order chi connectivity index (χ1) is 5.86. The highest BCUT2D eigenvalue weighted by atomic mass is 19.4. The summed E-state index contributed by atoms with van der Waals surface area (Å²) in [6.07, 6.45) is -14.8. The van der Waals surface area contributed by atoms with Crippen LogP contribution in [0.25, 0.3) is 0 Å². The third-order valence-electron chi connectivity index (χ3n) is 1.02. The van der Waals surface area contributed by atoms with Gasteiger partial charge in [-0.25, -0.2) is 4.39 Å². The Morgan fingerprint density at radius 1 is 0.929 bits per heavy atom. The lowest BCUT2D eigenvalue weighted by Gasteiger charge is -2.29. The van der Waals surface area contributed by atoms with E-state index < -0.39 is 24.1 Å². The van der Waals surface area contributed by atoms with E-state index in [-0.39, 0.29) is 0 Å². The summed E-state index contributed by atoms with van der Waals surface area (Å²) in [7, 11) is 0. The maximum absolute atomic E-state index is 12.5. The molecule has 0 fully saturated rings. The molecule has 0 radical (unpaired) electrons. The van der Waals surface area contributed by atoms with Crippen LogP contribution in [0.15, 0.2) is 0 Å². The molecular formula is C7H10F6O. The summed E-state index contributed by atoms with van der Waals surface area (Å²) in [5, 5.41) is 0. The average molecular weight is 224 g/mol. The lowest BCUT2D eigenvalue weighted by Crippen LogP contribution is -2.47. The second kappa shape index (κ2) is 3.60. The molecule has 0 heterocycles. The number of ether oxygens (including phenoxy) is 1. The van der Waals surface area contributed by atoms with Gasteiger partial charge in [-0.05, 0) is 20.8 Å². The molecule has 0 aliphatic carbocycles. The fourth-order valence-electron chi connectivity index (χ4n) is 0.650. The summed E-state index contributed by atoms with van der Waals surface area (Å²) < 4.78 is 75.6. The number of rotatable bonds is 2. The SMILES string of the molecule is CC(C)(C)OC(F)(F)C(F)C(F)(F)F. The molecule has 7 heteroatoms. The Hall–Kier alpha value is -0.460. The topological polar surface area (TPSA) is 9.23 Å². The number of hydrogen-bond acceptors (Lipinski definition) is 1. The van der Waals surface area contributed by atoms with Crippen LogP contribution in [0.5, 0.6) is 0 Å². The van der Waals surface area contributed by atoms with Gasteiger partial charge in [-0.1, -0.05) is 0 Å². The van der Waals surface area contributed by atoms with Crippen LogP contribution >= 0.6 is 0 Å². The smallest absolute Gasteiger partial charge is 0.312 e. The lowest BCUT2D eigenvalue weighted by molar-refractivity contribution is -0.359. The Kier molecular flexibility index (Phi) is 3.48. The van der Waals surface area contributed by atoms with Crippen LogP contribution in [-0.2, 0) is 4.74 Å². The molecule has 86 valence electrons. The molecule has 1 atom stereocenters. The van der Waals surface area contributed by atoms with E-state index in [0.717, 1.165) is 20.8 Å². The molecule has 14 heavy (non-hydrogen) atoms. The zero-order valence-electron chi connectivity index (χ0n) is 7.75. The number of hydrogen-bond donors (Lipinski definition) is 0. The van der Waals surface area contributed by atoms with Gasteiger partial charge in [-0.15, -0.1) is 0 Å². The first-order valence-electron chi connectivity index (χ1n) is 3.65. The molecule has 0 rings (SSSR count). The standard InChI is InChI=1S/C7H10F6O/c1-5(2,3)14-7(12,13)4(8)6(9,10)11/h4H,1-3H3. The molecule has 0 aliphatic rings. The number of halogens is 6. The molecule has 0 amide bonds. The van der Waals surface area contributed by atoms with Crippen LogP contribution in [0.3, 0.4) is 0 Å². The van der Waals surface area contributed by atoms with Gasteiger partial charge in [0.05, 0.1) is 5.60 Å². The van der Waals surface area contributed by atoms with Crippen LogP contribution in [0.4, 0.5) is 26.3 Å². The van der Waals surface area contributed by atoms with Crippen molar-refractivity contribution in [2.24, 2.45) is 0 Å². The van der Waals surface area contributed by atoms with Crippen molar-refractivity contribution in [3.63, 3.8) is 0 Å². The van der Waals surface area contributed by atoms with E-state index in [1.807, 2.05) is 0 Å². The van der Waals surface area contributed by atoms with E-state index in [9.17, 15) is 26.3 Å². The molecule has 0 N–H and O–H groups in total. The van der Waals surface area contributed by atoms with Gasteiger partial charge in [-0.2, -0.15) is 22.0 Å². The summed E-state index contributed by atoms with van der Waals surface area (Å²) in [6.45, 7) is 3.30. The van der Waals surface area contributed by atoms with Crippen molar-refractivity contribution in [3.05, 3.63) is 0 Å². The first kappa shape index (κ1) is 13.5. The Morgan fingerprint density at radius 3 is 1.50 bits per heavy atom. The van der Waals surface area contributed by atoms with Crippen molar-refractivity contribution in [1.82, 2.24) is 0 Å². The van der Waals surface area contributed by atoms with Crippen molar-refractivity contribution >= 4 is 0 Å². The lowest BCUT2D eigenvalue weighted by atomic mass is 10.2. The van der Waals surface area contributed by atoms with Gasteiger partial charge >= 0.3 is 12.3 Å². The Balaban J connectivity index is 4.63. The Morgan fingerprint density at radius 2 is 1.29 bits per heavy atom. The zero-order valence-corrected chi connectivity index (χ0v) is 7.75. The molecule has 0 aromatic carbocycles. The van der Waals surface area contributed by atoms with E-state index >= 15 is 0 Å². The van der Waals surface area contributed by atoms with E-state index in [2.05, 4.69) is 4.74 Å². The minimum atomic E-state index is -5.63. The molecule has 1 unspecified atom stereocenters. The summed E-state index contributed by atoms with van der Waals surface area (Å²) in [4.78, 5) is 0. The highest BCUT2D eigenvalue weighted by molar-refractivity contribution is 4.78. The molecule has 1 nitrogen and oxygen atoms in total. The van der Waals surface area contributed by atoms with Crippen LogP contribution in [0.2, 0.25) is 0 Å². The minimum Gasteiger partial charge on any atom is -0.312 e. The van der Waals surface area contributed by atoms with Crippen LogP contribution in [0.1, 0.15) is 20.8 Å². The van der Waals surface area contributed by atoms with E-state index in [0.29, 0.717) is 0 Å². The van der Waals surface area contributed by atoms with Crippen LogP contribution < -0.4 is 0 Å². The summed E-state index contributed by atoms with van der Waals surface area (Å²) in [5.74, 6) is 0. The maximum Gasteiger partial charge on any atom is 0.428 e. The van der Waals surface area contributed by atoms with E-state index in [1.54, 1.807) is 0 Å². The predicted molar refractivity (Wildman–Crippen MR) is 36.7 cm³/mol. The van der Waals surface area contributed by atoms with Crippen LogP contribution in [0, 0.1) is 0 Å². The molecule has 0 spiro atoms. The minimum absolute atomic E-state index is 1.10. The first-order valence-corrected chi connectivity index (χ1v) is 3.65. The summed E-state index contributed by atoms with van der Waals surface area (Å²) in [6, 6.07) is 0. The molecule has 0 aliphatic heterocycles. The normalized spacial score (nSPS) is 16.9. The molecule has 0 aromatic heterocycles. The highest BCUT2D eigenvalue weighted by Gasteiger charge is 2.59. The highest BCUT2D eigenvalue weighted by Crippen LogP contribution is 2.37. The van der Waals surface area contributed by atoms with Gasteiger partial charge in [0.2, 0.25) is 0 Å². The van der Waals surface area contributed by atoms with Crippen molar-refractivity contribution in [3.8, 4) is 0 Å². The van der Waals surface area contributed by atoms with Gasteiger partial charge < -0.3 is 4.74 Å². The molecule has 0 bridgehead atoms. The van der Waals surface area contributed by atoms with E-state index in [1.165, 1.54) is 0 Å². The van der Waals surface area contributed by atoms with Gasteiger partial charge in [-0.3, -0.25) is 0 Å². The molecule has 0 saturated heterocycles. The van der Waals surface area contributed by atoms with Crippen molar-refractivity contribution < 1.29 is 31.1 Å². The average Bonchev–Trinajstić information content (AvgIpc) is 1.78. The fourth-order valence-corrected chi connectivity index (χ4v) is 0.650. The largest absolute Gasteiger partial charge is 0.428 e. The van der Waals surface area contributed by atoms with Gasteiger partial charge in [0.25, 0.3) is 6.17 Å². The molecule has 0 saturated carbocycles. The molecule has 0 aromatic rings. The predicted octanol–water partition coefficient (Wildman–Crippen LogP) is 3.29. The Bertz CT molecular complexity index is 191. The van der Waals surface area contributed by atoms with E-state index in [4.69, 9.17) is 0 Å².